The van der Waals surface area contributed by atoms with Gasteiger partial charge in [0.1, 0.15) is 11.5 Å². The van der Waals surface area contributed by atoms with Crippen LogP contribution in [0.5, 0.6) is 11.5 Å². The van der Waals surface area contributed by atoms with Crippen molar-refractivity contribution in [1.82, 2.24) is 0 Å². The highest BCUT2D eigenvalue weighted by Crippen LogP contribution is 2.32. The first-order chi connectivity index (χ1) is 8.37. The molecule has 0 aliphatic rings. The number of methoxy groups -OCH3 is 1. The summed E-state index contributed by atoms with van der Waals surface area (Å²) in [6, 6.07) is 3.41. The van der Waals surface area contributed by atoms with Crippen molar-refractivity contribution in [2.24, 2.45) is 11.5 Å². The lowest BCUT2D eigenvalue weighted by Crippen LogP contribution is -2.18. The van der Waals surface area contributed by atoms with Gasteiger partial charge in [0.05, 0.1) is 7.11 Å². The van der Waals surface area contributed by atoms with E-state index in [1.807, 2.05) is 0 Å². The van der Waals surface area contributed by atoms with Gasteiger partial charge >= 0.3 is 6.36 Å². The predicted molar refractivity (Wildman–Crippen MR) is 67.5 cm³/mol. The summed E-state index contributed by atoms with van der Waals surface area (Å²) in [5.41, 5.74) is 11.8. The standard InChI is InChI=1S/C11H15F3N2O2.ClH/c1-17-10-6-7(18-11(12,13)14)2-3-8(10)9(16)4-5-15;/h2-3,6,9H,4-5,15-16H2,1H3;1H/t9-;/m1./s1. The van der Waals surface area contributed by atoms with Crippen molar-refractivity contribution < 1.29 is 22.6 Å². The second-order valence-electron chi connectivity index (χ2n) is 3.64. The Hall–Kier alpha value is -1.18. The molecule has 0 aromatic heterocycles. The maximum absolute atomic E-state index is 12.1. The summed E-state index contributed by atoms with van der Waals surface area (Å²) in [5.74, 6) is -0.0965. The minimum atomic E-state index is -4.73. The molecule has 0 spiro atoms. The first kappa shape index (κ1) is 17.8. The summed E-state index contributed by atoms with van der Waals surface area (Å²) in [5, 5.41) is 0. The Kier molecular flexibility index (Phi) is 6.96. The number of halogens is 4. The van der Waals surface area contributed by atoms with E-state index in [1.165, 1.54) is 19.2 Å². The molecule has 19 heavy (non-hydrogen) atoms. The fraction of sp³-hybridized carbons (Fsp3) is 0.455. The number of hydrogen-bond donors (Lipinski definition) is 2. The molecule has 4 N–H and O–H groups in total. The van der Waals surface area contributed by atoms with Gasteiger partial charge in [0, 0.05) is 17.7 Å². The summed E-state index contributed by atoms with van der Waals surface area (Å²) in [4.78, 5) is 0. The van der Waals surface area contributed by atoms with Crippen LogP contribution in [0.4, 0.5) is 13.2 Å². The third-order valence-corrected chi connectivity index (χ3v) is 2.32. The molecule has 110 valence electrons. The van der Waals surface area contributed by atoms with Crippen LogP contribution >= 0.6 is 12.4 Å². The minimum absolute atomic E-state index is 0. The molecule has 8 heteroatoms. The molecule has 0 radical (unpaired) electrons. The third-order valence-electron chi connectivity index (χ3n) is 2.32. The summed E-state index contributed by atoms with van der Waals surface area (Å²) >= 11 is 0. The van der Waals surface area contributed by atoms with E-state index in [9.17, 15) is 13.2 Å². The molecule has 0 fully saturated rings. The van der Waals surface area contributed by atoms with Crippen molar-refractivity contribution in [3.05, 3.63) is 23.8 Å². The van der Waals surface area contributed by atoms with E-state index in [-0.39, 0.29) is 29.9 Å². The number of alkyl halides is 3. The van der Waals surface area contributed by atoms with E-state index in [4.69, 9.17) is 16.2 Å². The lowest BCUT2D eigenvalue weighted by molar-refractivity contribution is -0.274. The Bertz CT molecular complexity index is 402. The Balaban J connectivity index is 0.00000324. The minimum Gasteiger partial charge on any atom is -0.496 e. The van der Waals surface area contributed by atoms with E-state index in [2.05, 4.69) is 4.74 Å². The average Bonchev–Trinajstić information content (AvgIpc) is 2.27. The molecule has 4 nitrogen and oxygen atoms in total. The van der Waals surface area contributed by atoms with E-state index in [1.54, 1.807) is 0 Å². The zero-order valence-electron chi connectivity index (χ0n) is 10.2. The van der Waals surface area contributed by atoms with Crippen molar-refractivity contribution in [3.63, 3.8) is 0 Å². The number of benzene rings is 1. The van der Waals surface area contributed by atoms with Crippen molar-refractivity contribution in [1.29, 1.82) is 0 Å². The Morgan fingerprint density at radius 1 is 1.32 bits per heavy atom. The van der Waals surface area contributed by atoms with Gasteiger partial charge in [-0.3, -0.25) is 0 Å². The average molecular weight is 301 g/mol. The molecule has 1 aromatic carbocycles. The van der Waals surface area contributed by atoms with Gasteiger partial charge < -0.3 is 20.9 Å². The van der Waals surface area contributed by atoms with Crippen molar-refractivity contribution in [2.45, 2.75) is 18.8 Å². The molecule has 0 aliphatic heterocycles. The molecular weight excluding hydrogens is 285 g/mol. The van der Waals surface area contributed by atoms with Crippen LogP contribution in [-0.2, 0) is 0 Å². The van der Waals surface area contributed by atoms with Crippen LogP contribution in [0.25, 0.3) is 0 Å². The van der Waals surface area contributed by atoms with Crippen LogP contribution in [0.2, 0.25) is 0 Å². The highest BCUT2D eigenvalue weighted by Gasteiger charge is 2.31. The van der Waals surface area contributed by atoms with E-state index < -0.39 is 6.36 Å². The molecule has 0 heterocycles. The van der Waals surface area contributed by atoms with Crippen molar-refractivity contribution in [2.75, 3.05) is 13.7 Å². The van der Waals surface area contributed by atoms with Crippen LogP contribution in [0.15, 0.2) is 18.2 Å². The highest BCUT2D eigenvalue weighted by molar-refractivity contribution is 5.85. The molecular formula is C11H16ClF3N2O2. The Morgan fingerprint density at radius 3 is 2.42 bits per heavy atom. The molecule has 0 saturated heterocycles. The fourth-order valence-corrected chi connectivity index (χ4v) is 1.53. The quantitative estimate of drug-likeness (QED) is 0.876. The van der Waals surface area contributed by atoms with Crippen LogP contribution in [0, 0.1) is 0 Å². The molecule has 0 bridgehead atoms. The molecule has 1 atom stereocenters. The summed E-state index contributed by atoms with van der Waals surface area (Å²) in [6.45, 7) is 0.380. The number of ether oxygens (including phenoxy) is 2. The molecule has 0 saturated carbocycles. The smallest absolute Gasteiger partial charge is 0.496 e. The molecule has 0 amide bonds. The van der Waals surface area contributed by atoms with E-state index in [0.29, 0.717) is 18.5 Å². The van der Waals surface area contributed by atoms with Gasteiger partial charge in [0.2, 0.25) is 0 Å². The van der Waals surface area contributed by atoms with Gasteiger partial charge in [0.15, 0.2) is 0 Å². The Morgan fingerprint density at radius 2 is 1.95 bits per heavy atom. The highest BCUT2D eigenvalue weighted by atomic mass is 35.5. The summed E-state index contributed by atoms with van der Waals surface area (Å²) in [6.07, 6.45) is -4.22. The second-order valence-corrected chi connectivity index (χ2v) is 3.64. The van der Waals surface area contributed by atoms with Crippen molar-refractivity contribution >= 4 is 12.4 Å². The Labute approximate surface area is 115 Å². The van der Waals surface area contributed by atoms with Crippen LogP contribution in [0.1, 0.15) is 18.0 Å². The van der Waals surface area contributed by atoms with Gasteiger partial charge in [-0.15, -0.1) is 25.6 Å². The van der Waals surface area contributed by atoms with Gasteiger partial charge in [0.25, 0.3) is 0 Å². The third kappa shape index (κ3) is 5.54. The SMILES string of the molecule is COc1cc(OC(F)(F)F)ccc1[C@H](N)CCN.Cl. The zero-order valence-corrected chi connectivity index (χ0v) is 11.1. The lowest BCUT2D eigenvalue weighted by Gasteiger charge is -2.16. The van der Waals surface area contributed by atoms with Gasteiger partial charge in [-0.05, 0) is 19.0 Å². The van der Waals surface area contributed by atoms with Gasteiger partial charge in [-0.1, -0.05) is 6.07 Å². The first-order valence-corrected chi connectivity index (χ1v) is 5.26. The number of nitrogens with two attached hydrogens (primary N) is 2. The zero-order chi connectivity index (χ0) is 13.8. The topological polar surface area (TPSA) is 70.5 Å². The van der Waals surface area contributed by atoms with E-state index >= 15 is 0 Å². The molecule has 0 unspecified atom stereocenters. The predicted octanol–water partition coefficient (Wildman–Crippen LogP) is 2.36. The van der Waals surface area contributed by atoms with Crippen molar-refractivity contribution in [3.8, 4) is 11.5 Å². The largest absolute Gasteiger partial charge is 0.573 e. The van der Waals surface area contributed by atoms with E-state index in [0.717, 1.165) is 6.07 Å². The molecule has 1 rings (SSSR count). The van der Waals surface area contributed by atoms with Gasteiger partial charge in [-0.25, -0.2) is 0 Å². The molecule has 1 aromatic rings. The maximum Gasteiger partial charge on any atom is 0.573 e. The molecule has 0 aliphatic carbocycles. The normalized spacial score (nSPS) is 12.5. The van der Waals surface area contributed by atoms with Crippen LogP contribution in [-0.4, -0.2) is 20.0 Å². The monoisotopic (exact) mass is 300 g/mol. The number of rotatable bonds is 5. The lowest BCUT2D eigenvalue weighted by atomic mass is 10.0. The fourth-order valence-electron chi connectivity index (χ4n) is 1.53. The van der Waals surface area contributed by atoms with Gasteiger partial charge in [-0.2, -0.15) is 0 Å². The first-order valence-electron chi connectivity index (χ1n) is 5.26. The van der Waals surface area contributed by atoms with Crippen LogP contribution < -0.4 is 20.9 Å². The second kappa shape index (κ2) is 7.42. The summed E-state index contributed by atoms with van der Waals surface area (Å²) in [7, 11) is 1.35. The number of hydrogen-bond acceptors (Lipinski definition) is 4. The maximum atomic E-state index is 12.1. The summed E-state index contributed by atoms with van der Waals surface area (Å²) < 4.78 is 45.0. The van der Waals surface area contributed by atoms with Crippen LogP contribution in [0.3, 0.4) is 0 Å².